The van der Waals surface area contributed by atoms with Gasteiger partial charge >= 0.3 is 0 Å². The molecule has 3 rings (SSSR count). The average Bonchev–Trinajstić information content (AvgIpc) is 2.88. The van der Waals surface area contributed by atoms with Gasteiger partial charge in [-0.05, 0) is 18.8 Å². The Morgan fingerprint density at radius 2 is 2.37 bits per heavy atom. The van der Waals surface area contributed by atoms with Gasteiger partial charge in [-0.25, -0.2) is 15.0 Å². The molecule has 1 saturated carbocycles. The second-order valence-electron chi connectivity index (χ2n) is 5.56. The summed E-state index contributed by atoms with van der Waals surface area (Å²) in [4.78, 5) is 15.7. The van der Waals surface area contributed by atoms with Crippen LogP contribution in [-0.4, -0.2) is 31.4 Å². The van der Waals surface area contributed by atoms with Gasteiger partial charge in [0, 0.05) is 5.88 Å². The van der Waals surface area contributed by atoms with Crippen LogP contribution >= 0.6 is 11.6 Å². The van der Waals surface area contributed by atoms with E-state index in [1.54, 1.807) is 12.7 Å². The second kappa shape index (κ2) is 4.96. The van der Waals surface area contributed by atoms with Crippen LogP contribution in [0.5, 0.6) is 0 Å². The van der Waals surface area contributed by atoms with E-state index >= 15 is 0 Å². The minimum absolute atomic E-state index is 0.0639. The van der Waals surface area contributed by atoms with Gasteiger partial charge in [0.1, 0.15) is 11.8 Å². The number of nitrogens with zero attached hydrogens (tertiary/aromatic N) is 3. The summed E-state index contributed by atoms with van der Waals surface area (Å²) in [5.74, 6) is 2.09. The number of anilines is 1. The molecule has 2 N–H and O–H groups in total. The lowest BCUT2D eigenvalue weighted by atomic mass is 9.77. The Labute approximate surface area is 117 Å². The molecular formula is C13H18ClN5. The molecule has 0 saturated heterocycles. The van der Waals surface area contributed by atoms with E-state index in [2.05, 4.69) is 32.2 Å². The summed E-state index contributed by atoms with van der Waals surface area (Å²) in [6.45, 7) is 2.29. The topological polar surface area (TPSA) is 66.5 Å². The largest absolute Gasteiger partial charge is 0.362 e. The molecule has 1 aliphatic carbocycles. The molecule has 0 spiro atoms. The monoisotopic (exact) mass is 279 g/mol. The molecule has 102 valence electrons. The number of hydrogen-bond acceptors (Lipinski definition) is 4. The maximum atomic E-state index is 6.25. The maximum absolute atomic E-state index is 6.25. The van der Waals surface area contributed by atoms with E-state index in [4.69, 9.17) is 11.6 Å². The number of rotatable bonds is 3. The van der Waals surface area contributed by atoms with Crippen LogP contribution in [0.2, 0.25) is 0 Å². The third kappa shape index (κ3) is 2.39. The van der Waals surface area contributed by atoms with E-state index in [0.717, 1.165) is 24.2 Å². The summed E-state index contributed by atoms with van der Waals surface area (Å²) in [6, 6.07) is 0. The molecule has 2 aromatic rings. The van der Waals surface area contributed by atoms with E-state index in [9.17, 15) is 0 Å². The highest BCUT2D eigenvalue weighted by Crippen LogP contribution is 2.36. The predicted molar refractivity (Wildman–Crippen MR) is 76.4 cm³/mol. The van der Waals surface area contributed by atoms with Crippen molar-refractivity contribution in [2.24, 2.45) is 5.92 Å². The first-order valence-electron chi connectivity index (χ1n) is 6.71. The number of nitrogens with one attached hydrogen (secondary N) is 2. The quantitative estimate of drug-likeness (QED) is 0.848. The second-order valence-corrected chi connectivity index (χ2v) is 5.83. The highest BCUT2D eigenvalue weighted by Gasteiger charge is 2.35. The van der Waals surface area contributed by atoms with Crippen molar-refractivity contribution in [3.8, 4) is 0 Å². The lowest BCUT2D eigenvalue weighted by Crippen LogP contribution is -2.44. The van der Waals surface area contributed by atoms with Crippen molar-refractivity contribution in [2.45, 2.75) is 38.1 Å². The Bertz CT molecular complexity index is 569. The lowest BCUT2D eigenvalue weighted by Gasteiger charge is -2.39. The van der Waals surface area contributed by atoms with Gasteiger partial charge in [-0.1, -0.05) is 19.8 Å². The number of aromatic amines is 1. The van der Waals surface area contributed by atoms with Crippen molar-refractivity contribution in [1.82, 2.24) is 19.9 Å². The third-order valence-corrected chi connectivity index (χ3v) is 4.47. The first kappa shape index (κ1) is 12.7. The van der Waals surface area contributed by atoms with Crippen molar-refractivity contribution in [3.05, 3.63) is 12.7 Å². The normalized spacial score (nSPS) is 27.6. The summed E-state index contributed by atoms with van der Waals surface area (Å²) in [7, 11) is 0. The fourth-order valence-electron chi connectivity index (χ4n) is 3.04. The molecule has 0 amide bonds. The van der Waals surface area contributed by atoms with E-state index in [1.165, 1.54) is 12.8 Å². The van der Waals surface area contributed by atoms with Gasteiger partial charge in [-0.2, -0.15) is 0 Å². The van der Waals surface area contributed by atoms with E-state index in [-0.39, 0.29) is 5.54 Å². The molecule has 2 heterocycles. The molecule has 1 fully saturated rings. The fourth-order valence-corrected chi connectivity index (χ4v) is 3.35. The van der Waals surface area contributed by atoms with Crippen LogP contribution in [-0.2, 0) is 0 Å². The van der Waals surface area contributed by atoms with Gasteiger partial charge in [0.25, 0.3) is 0 Å². The molecular weight excluding hydrogens is 262 g/mol. The van der Waals surface area contributed by atoms with Crippen LogP contribution in [0.25, 0.3) is 11.2 Å². The van der Waals surface area contributed by atoms with Crippen molar-refractivity contribution >= 4 is 28.6 Å². The highest BCUT2D eigenvalue weighted by molar-refractivity contribution is 6.18. The number of fused-ring (bicyclic) bond motifs is 1. The zero-order chi connectivity index (χ0) is 13.3. The van der Waals surface area contributed by atoms with Crippen molar-refractivity contribution < 1.29 is 0 Å². The lowest BCUT2D eigenvalue weighted by molar-refractivity contribution is 0.279. The molecule has 0 bridgehead atoms. The van der Waals surface area contributed by atoms with E-state index in [0.29, 0.717) is 17.4 Å². The average molecular weight is 280 g/mol. The van der Waals surface area contributed by atoms with Crippen molar-refractivity contribution in [1.29, 1.82) is 0 Å². The number of hydrogen-bond donors (Lipinski definition) is 2. The van der Waals surface area contributed by atoms with Gasteiger partial charge in [0.15, 0.2) is 11.5 Å². The number of imidazole rings is 1. The molecule has 2 unspecified atom stereocenters. The van der Waals surface area contributed by atoms with Crippen LogP contribution in [0.1, 0.15) is 32.6 Å². The first-order valence-corrected chi connectivity index (χ1v) is 7.24. The molecule has 19 heavy (non-hydrogen) atoms. The maximum Gasteiger partial charge on any atom is 0.182 e. The number of H-pyrrole nitrogens is 1. The zero-order valence-corrected chi connectivity index (χ0v) is 11.7. The highest BCUT2D eigenvalue weighted by atomic mass is 35.5. The first-order chi connectivity index (χ1) is 9.22. The minimum atomic E-state index is -0.0639. The molecule has 1 aliphatic rings. The van der Waals surface area contributed by atoms with Crippen LogP contribution < -0.4 is 5.32 Å². The third-order valence-electron chi connectivity index (χ3n) is 3.95. The number of alkyl halides is 1. The Morgan fingerprint density at radius 1 is 1.47 bits per heavy atom. The summed E-state index contributed by atoms with van der Waals surface area (Å²) >= 11 is 6.25. The van der Waals surface area contributed by atoms with Crippen LogP contribution in [0, 0.1) is 5.92 Å². The fraction of sp³-hybridized carbons (Fsp3) is 0.615. The predicted octanol–water partition coefficient (Wildman–Crippen LogP) is 2.95. The Hall–Kier alpha value is -1.36. The smallest absolute Gasteiger partial charge is 0.182 e. The molecule has 5 nitrogen and oxygen atoms in total. The van der Waals surface area contributed by atoms with E-state index < -0.39 is 0 Å². The van der Waals surface area contributed by atoms with Crippen LogP contribution in [0.4, 0.5) is 5.82 Å². The van der Waals surface area contributed by atoms with Gasteiger partial charge in [-0.3, -0.25) is 0 Å². The SMILES string of the molecule is CC1CCCC(CCl)(Nc2ncnc3nc[nH]c23)C1. The van der Waals surface area contributed by atoms with Gasteiger partial charge in [0.05, 0.1) is 11.9 Å². The summed E-state index contributed by atoms with van der Waals surface area (Å²) in [5, 5.41) is 3.55. The summed E-state index contributed by atoms with van der Waals surface area (Å²) in [5.41, 5.74) is 1.47. The summed E-state index contributed by atoms with van der Waals surface area (Å²) < 4.78 is 0. The molecule has 0 radical (unpaired) electrons. The molecule has 0 aliphatic heterocycles. The molecule has 2 atom stereocenters. The van der Waals surface area contributed by atoms with Crippen LogP contribution in [0.15, 0.2) is 12.7 Å². The van der Waals surface area contributed by atoms with Gasteiger partial charge < -0.3 is 10.3 Å². The molecule has 0 aromatic carbocycles. The molecule has 2 aromatic heterocycles. The Kier molecular flexibility index (Phi) is 3.31. The Morgan fingerprint density at radius 3 is 3.16 bits per heavy atom. The van der Waals surface area contributed by atoms with Crippen molar-refractivity contribution in [3.63, 3.8) is 0 Å². The zero-order valence-electron chi connectivity index (χ0n) is 11.0. The van der Waals surface area contributed by atoms with Gasteiger partial charge in [0.2, 0.25) is 0 Å². The minimum Gasteiger partial charge on any atom is -0.362 e. The van der Waals surface area contributed by atoms with Crippen molar-refractivity contribution in [2.75, 3.05) is 11.2 Å². The Balaban J connectivity index is 1.92. The number of aromatic nitrogens is 4. The van der Waals surface area contributed by atoms with Gasteiger partial charge in [-0.15, -0.1) is 11.6 Å². The standard InChI is InChI=1S/C13H18ClN5/c1-9-3-2-4-13(5-9,6-14)19-12-10-11(16-7-15-10)17-8-18-12/h7-9H,2-6H2,1H3,(H2,15,16,17,18,19). The van der Waals surface area contributed by atoms with E-state index in [1.807, 2.05) is 0 Å². The number of halogens is 1. The molecule has 6 heteroatoms. The van der Waals surface area contributed by atoms with Crippen LogP contribution in [0.3, 0.4) is 0 Å². The summed E-state index contributed by atoms with van der Waals surface area (Å²) in [6.07, 6.45) is 7.83.